The first-order chi connectivity index (χ1) is 8.86. The zero-order valence-electron chi connectivity index (χ0n) is 9.77. The summed E-state index contributed by atoms with van der Waals surface area (Å²) in [6.07, 6.45) is 3.23. The van der Waals surface area contributed by atoms with Gasteiger partial charge in [-0.3, -0.25) is 0 Å². The third kappa shape index (κ3) is 1.84. The van der Waals surface area contributed by atoms with Gasteiger partial charge >= 0.3 is 0 Å². The van der Waals surface area contributed by atoms with Gasteiger partial charge < -0.3 is 15.0 Å². The van der Waals surface area contributed by atoms with Crippen LogP contribution >= 0.6 is 0 Å². The summed E-state index contributed by atoms with van der Waals surface area (Å²) in [6.45, 7) is 0. The molecule has 0 aliphatic heterocycles. The summed E-state index contributed by atoms with van der Waals surface area (Å²) in [6, 6.07) is 7.66. The minimum absolute atomic E-state index is 0.717. The minimum Gasteiger partial charge on any atom is -0.497 e. The fourth-order valence-corrected chi connectivity index (χ4v) is 1.74. The second kappa shape index (κ2) is 4.33. The number of anilines is 2. The molecule has 0 fully saturated rings. The van der Waals surface area contributed by atoms with Crippen molar-refractivity contribution < 1.29 is 9.72 Å². The van der Waals surface area contributed by atoms with E-state index < -0.39 is 0 Å². The highest BCUT2D eigenvalue weighted by molar-refractivity contribution is 5.82. The Morgan fingerprint density at radius 2 is 2.28 bits per heavy atom. The summed E-state index contributed by atoms with van der Waals surface area (Å²) >= 11 is 0. The number of nitrogens with one attached hydrogen (secondary N) is 3. The highest BCUT2D eigenvalue weighted by Crippen LogP contribution is 2.22. The number of hydrogen-bond donors (Lipinski definition) is 2. The number of hydrogen-bond acceptors (Lipinski definition) is 4. The molecular formula is C12H12N5O+. The third-order valence-corrected chi connectivity index (χ3v) is 2.60. The molecular weight excluding hydrogens is 230 g/mol. The maximum Gasteiger partial charge on any atom is 0.291 e. The summed E-state index contributed by atoms with van der Waals surface area (Å²) in [4.78, 5) is 14.4. The lowest BCUT2D eigenvalue weighted by Gasteiger charge is -2.05. The molecule has 0 amide bonds. The van der Waals surface area contributed by atoms with Crippen LogP contribution in [0.25, 0.3) is 11.2 Å². The first-order valence-corrected chi connectivity index (χ1v) is 5.47. The molecule has 3 aromatic rings. The van der Waals surface area contributed by atoms with Crippen molar-refractivity contribution in [2.45, 2.75) is 0 Å². The Labute approximate surface area is 103 Å². The molecule has 2 heterocycles. The number of imidazole rings is 1. The maximum atomic E-state index is 5.18. The van der Waals surface area contributed by atoms with Crippen LogP contribution in [-0.4, -0.2) is 22.1 Å². The number of benzene rings is 1. The number of rotatable bonds is 3. The Bertz CT molecular complexity index is 679. The van der Waals surface area contributed by atoms with E-state index in [0.29, 0.717) is 0 Å². The van der Waals surface area contributed by atoms with Crippen molar-refractivity contribution in [3.05, 3.63) is 36.9 Å². The molecule has 6 nitrogen and oxygen atoms in total. The number of nitrogens with zero attached hydrogens (tertiary/aromatic N) is 2. The van der Waals surface area contributed by atoms with Gasteiger partial charge in [-0.05, 0) is 12.1 Å². The summed E-state index contributed by atoms with van der Waals surface area (Å²) in [5.41, 5.74) is 2.50. The van der Waals surface area contributed by atoms with Crippen molar-refractivity contribution in [1.29, 1.82) is 0 Å². The van der Waals surface area contributed by atoms with E-state index in [9.17, 15) is 0 Å². The van der Waals surface area contributed by atoms with E-state index in [1.807, 2.05) is 24.3 Å². The van der Waals surface area contributed by atoms with Crippen molar-refractivity contribution in [2.24, 2.45) is 0 Å². The van der Waals surface area contributed by atoms with E-state index >= 15 is 0 Å². The first kappa shape index (κ1) is 10.5. The van der Waals surface area contributed by atoms with Crippen LogP contribution in [0.1, 0.15) is 0 Å². The van der Waals surface area contributed by atoms with Gasteiger partial charge in [0.2, 0.25) is 12.1 Å². The van der Waals surface area contributed by atoms with Crippen LogP contribution in [0.3, 0.4) is 0 Å². The smallest absolute Gasteiger partial charge is 0.291 e. The van der Waals surface area contributed by atoms with Crippen molar-refractivity contribution in [3.63, 3.8) is 0 Å². The Balaban J connectivity index is 1.98. The highest BCUT2D eigenvalue weighted by atomic mass is 16.5. The molecule has 1 aromatic carbocycles. The predicted molar refractivity (Wildman–Crippen MR) is 66.7 cm³/mol. The number of ether oxygens (including phenoxy) is 1. The van der Waals surface area contributed by atoms with Crippen LogP contribution in [0.5, 0.6) is 5.75 Å². The van der Waals surface area contributed by atoms with Gasteiger partial charge in [-0.15, -0.1) is 0 Å². The Morgan fingerprint density at radius 3 is 3.17 bits per heavy atom. The van der Waals surface area contributed by atoms with Gasteiger partial charge in [0.15, 0.2) is 11.8 Å². The van der Waals surface area contributed by atoms with E-state index in [2.05, 4.69) is 25.3 Å². The predicted octanol–water partition coefficient (Wildman–Crippen LogP) is 1.52. The second-order valence-corrected chi connectivity index (χ2v) is 3.73. The molecule has 0 unspecified atom stereocenters. The van der Waals surface area contributed by atoms with E-state index in [1.165, 1.54) is 0 Å². The number of methoxy groups -OCH3 is 1. The van der Waals surface area contributed by atoms with Crippen LogP contribution in [0.2, 0.25) is 0 Å². The fraction of sp³-hybridized carbons (Fsp3) is 0.0833. The largest absolute Gasteiger partial charge is 0.497 e. The topological polar surface area (TPSA) is 77.0 Å². The standard InChI is InChI=1S/C12H11N5O/c1-18-9-4-2-3-8(5-9)17-12-10-11(14-6-13-10)15-7-16-12/h2-7H,1H3,(H2,13,14,15,16,17)/p+1. The molecule has 0 spiro atoms. The van der Waals surface area contributed by atoms with Crippen LogP contribution < -0.4 is 15.0 Å². The molecule has 0 aliphatic rings. The molecule has 90 valence electrons. The number of H-pyrrole nitrogens is 2. The average molecular weight is 242 g/mol. The van der Waals surface area contributed by atoms with Crippen molar-refractivity contribution in [1.82, 2.24) is 15.0 Å². The molecule has 0 aliphatic carbocycles. The van der Waals surface area contributed by atoms with Crippen LogP contribution in [0.4, 0.5) is 11.5 Å². The Morgan fingerprint density at radius 1 is 1.33 bits per heavy atom. The van der Waals surface area contributed by atoms with E-state index in [4.69, 9.17) is 4.74 Å². The highest BCUT2D eigenvalue weighted by Gasteiger charge is 2.11. The second-order valence-electron chi connectivity index (χ2n) is 3.73. The lowest BCUT2D eigenvalue weighted by Crippen LogP contribution is -2.07. The molecule has 3 N–H and O–H groups in total. The van der Waals surface area contributed by atoms with E-state index in [-0.39, 0.29) is 0 Å². The van der Waals surface area contributed by atoms with Gasteiger partial charge in [0.05, 0.1) is 7.11 Å². The van der Waals surface area contributed by atoms with Crippen molar-refractivity contribution in [3.8, 4) is 5.75 Å². The molecule has 0 radical (unpaired) electrons. The van der Waals surface area contributed by atoms with E-state index in [0.717, 1.165) is 28.4 Å². The van der Waals surface area contributed by atoms with Gasteiger partial charge in [-0.1, -0.05) is 16.0 Å². The molecule has 2 aromatic heterocycles. The number of aromatic nitrogens is 4. The lowest BCUT2D eigenvalue weighted by molar-refractivity contribution is -0.352. The molecule has 3 rings (SSSR count). The van der Waals surface area contributed by atoms with Gasteiger partial charge in [-0.2, -0.15) is 0 Å². The molecule has 0 saturated heterocycles. The van der Waals surface area contributed by atoms with Crippen LogP contribution in [0, 0.1) is 0 Å². The molecule has 6 heteroatoms. The first-order valence-electron chi connectivity index (χ1n) is 5.47. The number of fused-ring (bicyclic) bond motifs is 1. The minimum atomic E-state index is 0.717. The fourth-order valence-electron chi connectivity index (χ4n) is 1.74. The molecule has 18 heavy (non-hydrogen) atoms. The zero-order chi connectivity index (χ0) is 12.4. The van der Waals surface area contributed by atoms with Gasteiger partial charge in [0.25, 0.3) is 5.65 Å². The van der Waals surface area contributed by atoms with Gasteiger partial charge in [0, 0.05) is 11.8 Å². The summed E-state index contributed by atoms with van der Waals surface area (Å²) < 4.78 is 5.18. The van der Waals surface area contributed by atoms with Gasteiger partial charge in [-0.25, -0.2) is 4.98 Å². The van der Waals surface area contributed by atoms with E-state index in [1.54, 1.807) is 19.8 Å². The summed E-state index contributed by atoms with van der Waals surface area (Å²) in [5.74, 6) is 1.51. The number of aromatic amines is 2. The molecule has 0 atom stereocenters. The lowest BCUT2D eigenvalue weighted by atomic mass is 10.3. The molecule has 0 saturated carbocycles. The van der Waals surface area contributed by atoms with Crippen LogP contribution in [-0.2, 0) is 0 Å². The average Bonchev–Trinajstić information content (AvgIpc) is 2.88. The SMILES string of the molecule is COc1cccc(Nc2nc[nH+]c3nc[nH]c23)c1. The maximum absolute atomic E-state index is 5.18. The Kier molecular flexibility index (Phi) is 2.53. The normalized spacial score (nSPS) is 10.5. The van der Waals surface area contributed by atoms with Gasteiger partial charge in [0.1, 0.15) is 5.75 Å². The molecule has 0 bridgehead atoms. The quantitative estimate of drug-likeness (QED) is 0.730. The third-order valence-electron chi connectivity index (χ3n) is 2.60. The van der Waals surface area contributed by atoms with Crippen molar-refractivity contribution >= 4 is 22.7 Å². The monoisotopic (exact) mass is 242 g/mol. The summed E-state index contributed by atoms with van der Waals surface area (Å²) in [7, 11) is 1.64. The Hall–Kier alpha value is -2.63. The van der Waals surface area contributed by atoms with Crippen LogP contribution in [0.15, 0.2) is 36.9 Å². The van der Waals surface area contributed by atoms with Crippen molar-refractivity contribution in [2.75, 3.05) is 12.4 Å². The zero-order valence-corrected chi connectivity index (χ0v) is 9.77. The summed E-state index contributed by atoms with van der Waals surface area (Å²) in [5, 5.41) is 3.23.